The van der Waals surface area contributed by atoms with Gasteiger partial charge in [0.05, 0.1) is 0 Å². The number of carbonyl (C=O) groups excluding carboxylic acids is 1. The summed E-state index contributed by atoms with van der Waals surface area (Å²) in [7, 11) is 1.92. The minimum absolute atomic E-state index is 0.00810. The van der Waals surface area contributed by atoms with E-state index in [2.05, 4.69) is 12.2 Å². The summed E-state index contributed by atoms with van der Waals surface area (Å²) < 4.78 is 0. The van der Waals surface area contributed by atoms with Crippen molar-refractivity contribution in [2.45, 2.75) is 38.1 Å². The van der Waals surface area contributed by atoms with Gasteiger partial charge >= 0.3 is 0 Å². The molecular weight excluding hydrogens is 152 g/mol. The molecule has 3 nitrogen and oxygen atoms in total. The van der Waals surface area contributed by atoms with E-state index in [-0.39, 0.29) is 11.4 Å². The molecule has 1 amide bonds. The molecule has 1 atom stereocenters. The van der Waals surface area contributed by atoms with Crippen LogP contribution in [0.4, 0.5) is 0 Å². The first kappa shape index (κ1) is 9.52. The lowest BCUT2D eigenvalue weighted by Crippen LogP contribution is -2.47. The molecule has 1 fully saturated rings. The lowest BCUT2D eigenvalue weighted by molar-refractivity contribution is -0.119. The predicted molar refractivity (Wildman–Crippen MR) is 48.6 cm³/mol. The van der Waals surface area contributed by atoms with Gasteiger partial charge in [0, 0.05) is 12.0 Å². The van der Waals surface area contributed by atoms with Gasteiger partial charge in [-0.3, -0.25) is 4.79 Å². The second-order valence-corrected chi connectivity index (χ2v) is 3.68. The molecule has 1 aliphatic rings. The summed E-state index contributed by atoms with van der Waals surface area (Å²) in [6.07, 6.45) is 3.94. The van der Waals surface area contributed by atoms with Crippen LogP contribution in [0.5, 0.6) is 0 Å². The van der Waals surface area contributed by atoms with Crippen molar-refractivity contribution < 1.29 is 4.79 Å². The molecule has 3 heteroatoms. The summed E-state index contributed by atoms with van der Waals surface area (Å²) in [5.74, 6) is 0.470. The van der Waals surface area contributed by atoms with E-state index in [0.29, 0.717) is 12.3 Å². The summed E-state index contributed by atoms with van der Waals surface area (Å²) in [6.45, 7) is 2.11. The zero-order valence-corrected chi connectivity index (χ0v) is 7.89. The Labute approximate surface area is 73.7 Å². The smallest absolute Gasteiger partial charge is 0.219 e. The Kier molecular flexibility index (Phi) is 2.73. The van der Waals surface area contributed by atoms with Crippen molar-refractivity contribution in [1.82, 2.24) is 5.32 Å². The van der Waals surface area contributed by atoms with E-state index < -0.39 is 0 Å². The number of hydrogen-bond acceptors (Lipinski definition) is 2. The number of carbonyl (C=O) groups is 1. The van der Waals surface area contributed by atoms with Crippen LogP contribution in [-0.2, 0) is 4.79 Å². The van der Waals surface area contributed by atoms with Crippen LogP contribution >= 0.6 is 0 Å². The van der Waals surface area contributed by atoms with Crippen LogP contribution in [0.3, 0.4) is 0 Å². The van der Waals surface area contributed by atoms with Gasteiger partial charge in [0.15, 0.2) is 0 Å². The quantitative estimate of drug-likeness (QED) is 0.636. The molecule has 0 radical (unpaired) electrons. The highest BCUT2D eigenvalue weighted by Gasteiger charge is 2.43. The zero-order valence-electron chi connectivity index (χ0n) is 7.89. The first-order chi connectivity index (χ1) is 5.64. The zero-order chi connectivity index (χ0) is 9.19. The normalized spacial score (nSPS) is 21.8. The van der Waals surface area contributed by atoms with Crippen LogP contribution < -0.4 is 11.1 Å². The van der Waals surface area contributed by atoms with Crippen LogP contribution in [-0.4, -0.2) is 18.5 Å². The fourth-order valence-electron chi connectivity index (χ4n) is 1.97. The van der Waals surface area contributed by atoms with Crippen molar-refractivity contribution in [3.8, 4) is 0 Å². The second kappa shape index (κ2) is 3.44. The van der Waals surface area contributed by atoms with Crippen molar-refractivity contribution in [3.63, 3.8) is 0 Å². The second-order valence-electron chi connectivity index (χ2n) is 3.68. The Morgan fingerprint density at radius 1 is 1.67 bits per heavy atom. The van der Waals surface area contributed by atoms with E-state index in [1.165, 1.54) is 12.8 Å². The van der Waals surface area contributed by atoms with Crippen molar-refractivity contribution in [2.24, 2.45) is 11.7 Å². The number of amides is 1. The summed E-state index contributed by atoms with van der Waals surface area (Å²) in [5, 5.41) is 3.26. The highest BCUT2D eigenvalue weighted by molar-refractivity contribution is 5.75. The number of rotatable bonds is 5. The van der Waals surface area contributed by atoms with Crippen LogP contribution in [0.2, 0.25) is 0 Å². The number of nitrogens with two attached hydrogens (primary N) is 1. The van der Waals surface area contributed by atoms with E-state index in [1.54, 1.807) is 0 Å². The van der Waals surface area contributed by atoms with Crippen molar-refractivity contribution in [1.29, 1.82) is 0 Å². The average molecular weight is 170 g/mol. The summed E-state index contributed by atoms with van der Waals surface area (Å²) in [5.41, 5.74) is 5.21. The largest absolute Gasteiger partial charge is 0.370 e. The third kappa shape index (κ3) is 1.78. The molecule has 0 aliphatic heterocycles. The fraction of sp³-hybridized carbons (Fsp3) is 0.889. The van der Waals surface area contributed by atoms with Crippen LogP contribution in [0, 0.1) is 5.92 Å². The Morgan fingerprint density at radius 3 is 2.50 bits per heavy atom. The first-order valence-electron chi connectivity index (χ1n) is 4.62. The molecule has 12 heavy (non-hydrogen) atoms. The van der Waals surface area contributed by atoms with Crippen molar-refractivity contribution >= 4 is 5.91 Å². The maximum absolute atomic E-state index is 10.8. The monoisotopic (exact) mass is 170 g/mol. The van der Waals surface area contributed by atoms with E-state index in [1.807, 2.05) is 7.05 Å². The fourth-order valence-corrected chi connectivity index (χ4v) is 1.97. The van der Waals surface area contributed by atoms with Crippen LogP contribution in [0.15, 0.2) is 0 Å². The summed E-state index contributed by atoms with van der Waals surface area (Å²) in [6, 6.07) is 0. The first-order valence-corrected chi connectivity index (χ1v) is 4.62. The van der Waals surface area contributed by atoms with E-state index in [4.69, 9.17) is 5.73 Å². The van der Waals surface area contributed by atoms with E-state index in [9.17, 15) is 4.79 Å². The molecule has 0 spiro atoms. The SMILES string of the molecule is CCC(CC(N)=O)(NC)C1CC1. The van der Waals surface area contributed by atoms with Gasteiger partial charge in [-0.15, -0.1) is 0 Å². The molecular formula is C9H18N2O. The maximum atomic E-state index is 10.8. The molecule has 1 rings (SSSR count). The summed E-state index contributed by atoms with van der Waals surface area (Å²) in [4.78, 5) is 10.8. The predicted octanol–water partition coefficient (Wildman–Crippen LogP) is 0.640. The molecule has 70 valence electrons. The van der Waals surface area contributed by atoms with Gasteiger partial charge in [-0.1, -0.05) is 6.92 Å². The van der Waals surface area contributed by atoms with Gasteiger partial charge in [-0.25, -0.2) is 0 Å². The Morgan fingerprint density at radius 2 is 2.25 bits per heavy atom. The molecule has 1 aliphatic carbocycles. The molecule has 1 unspecified atom stereocenters. The molecule has 0 bridgehead atoms. The third-order valence-corrected chi connectivity index (χ3v) is 2.98. The van der Waals surface area contributed by atoms with Crippen molar-refractivity contribution in [2.75, 3.05) is 7.05 Å². The molecule has 0 saturated heterocycles. The van der Waals surface area contributed by atoms with Crippen molar-refractivity contribution in [3.05, 3.63) is 0 Å². The minimum atomic E-state index is -0.196. The molecule has 1 saturated carbocycles. The third-order valence-electron chi connectivity index (χ3n) is 2.98. The van der Waals surface area contributed by atoms with Crippen LogP contribution in [0.25, 0.3) is 0 Å². The maximum Gasteiger partial charge on any atom is 0.219 e. The van der Waals surface area contributed by atoms with Gasteiger partial charge < -0.3 is 11.1 Å². The topological polar surface area (TPSA) is 55.1 Å². The Bertz CT molecular complexity index is 171. The molecule has 0 aromatic rings. The average Bonchev–Trinajstić information content (AvgIpc) is 2.82. The van der Waals surface area contributed by atoms with Gasteiger partial charge in [0.25, 0.3) is 0 Å². The molecule has 0 aromatic carbocycles. The minimum Gasteiger partial charge on any atom is -0.370 e. The number of primary amides is 1. The summed E-state index contributed by atoms with van der Waals surface area (Å²) >= 11 is 0. The molecule has 0 heterocycles. The molecule has 3 N–H and O–H groups in total. The highest BCUT2D eigenvalue weighted by atomic mass is 16.1. The van der Waals surface area contributed by atoms with E-state index >= 15 is 0 Å². The van der Waals surface area contributed by atoms with Gasteiger partial charge in [-0.2, -0.15) is 0 Å². The Balaban J connectivity index is 2.61. The molecule has 0 aromatic heterocycles. The lowest BCUT2D eigenvalue weighted by atomic mass is 9.86. The Hall–Kier alpha value is -0.570. The van der Waals surface area contributed by atoms with E-state index in [0.717, 1.165) is 6.42 Å². The van der Waals surface area contributed by atoms with Gasteiger partial charge in [0.2, 0.25) is 5.91 Å². The van der Waals surface area contributed by atoms with Gasteiger partial charge in [0.1, 0.15) is 0 Å². The number of nitrogens with one attached hydrogen (secondary N) is 1. The van der Waals surface area contributed by atoms with Gasteiger partial charge in [-0.05, 0) is 32.2 Å². The highest BCUT2D eigenvalue weighted by Crippen LogP contribution is 2.43. The standard InChI is InChI=1S/C9H18N2O/c1-3-9(11-2,6-8(10)12)7-4-5-7/h7,11H,3-6H2,1-2H3,(H2,10,12). The number of hydrogen-bond donors (Lipinski definition) is 2. The van der Waals surface area contributed by atoms with Crippen LogP contribution in [0.1, 0.15) is 32.6 Å². The lowest BCUT2D eigenvalue weighted by Gasteiger charge is -2.31.